The summed E-state index contributed by atoms with van der Waals surface area (Å²) in [5.41, 5.74) is 0. The first-order valence-electron chi connectivity index (χ1n) is 6.87. The molecule has 0 unspecified atom stereocenters. The summed E-state index contributed by atoms with van der Waals surface area (Å²) in [4.78, 5) is 15.6. The predicted octanol–water partition coefficient (Wildman–Crippen LogP) is 1.27. The molecule has 1 aliphatic heterocycles. The van der Waals surface area contributed by atoms with E-state index in [1.807, 2.05) is 0 Å². The molecule has 2 aliphatic rings. The summed E-state index contributed by atoms with van der Waals surface area (Å²) in [6.45, 7) is 6.80. The Morgan fingerprint density at radius 2 is 1.94 bits per heavy atom. The minimum Gasteiger partial charge on any atom is -0.480 e. The maximum absolute atomic E-state index is 10.9. The summed E-state index contributed by atoms with van der Waals surface area (Å²) in [5, 5.41) is 8.99. The Morgan fingerprint density at radius 1 is 1.29 bits per heavy atom. The van der Waals surface area contributed by atoms with Crippen LogP contribution in [0.4, 0.5) is 0 Å². The molecule has 1 heterocycles. The normalized spacial score (nSPS) is 23.2. The zero-order valence-corrected chi connectivity index (χ0v) is 10.8. The van der Waals surface area contributed by atoms with Crippen LogP contribution in [0.3, 0.4) is 0 Å². The lowest BCUT2D eigenvalue weighted by atomic mass is 10.0. The maximum atomic E-state index is 10.9. The summed E-state index contributed by atoms with van der Waals surface area (Å²) >= 11 is 0. The number of piperidine rings is 1. The summed E-state index contributed by atoms with van der Waals surface area (Å²) in [7, 11) is 0. The van der Waals surface area contributed by atoms with Gasteiger partial charge in [-0.2, -0.15) is 0 Å². The summed E-state index contributed by atoms with van der Waals surface area (Å²) in [5.74, 6) is 0.0992. The van der Waals surface area contributed by atoms with Gasteiger partial charge in [0.15, 0.2) is 0 Å². The van der Waals surface area contributed by atoms with E-state index in [1.165, 1.54) is 12.8 Å². The predicted molar refractivity (Wildman–Crippen MR) is 67.1 cm³/mol. The smallest absolute Gasteiger partial charge is 0.317 e. The van der Waals surface area contributed by atoms with Crippen molar-refractivity contribution in [1.82, 2.24) is 9.80 Å². The Bertz CT molecular complexity index is 258. The Labute approximate surface area is 104 Å². The van der Waals surface area contributed by atoms with Gasteiger partial charge in [0.05, 0.1) is 6.54 Å². The van der Waals surface area contributed by atoms with Crippen molar-refractivity contribution in [3.63, 3.8) is 0 Å². The van der Waals surface area contributed by atoms with Crippen molar-refractivity contribution in [2.45, 2.75) is 38.6 Å². The number of carboxylic acid groups (broad SMARTS) is 1. The highest BCUT2D eigenvalue weighted by molar-refractivity contribution is 5.69. The molecule has 0 aromatic rings. The number of rotatable bonds is 6. The molecule has 4 heteroatoms. The van der Waals surface area contributed by atoms with Crippen LogP contribution in [0.25, 0.3) is 0 Å². The van der Waals surface area contributed by atoms with Crippen LogP contribution >= 0.6 is 0 Å². The molecule has 1 saturated carbocycles. The fraction of sp³-hybridized carbons (Fsp3) is 0.923. The number of hydrogen-bond donors (Lipinski definition) is 1. The van der Waals surface area contributed by atoms with E-state index < -0.39 is 5.97 Å². The maximum Gasteiger partial charge on any atom is 0.317 e. The van der Waals surface area contributed by atoms with Gasteiger partial charge in [-0.1, -0.05) is 6.92 Å². The van der Waals surface area contributed by atoms with Crippen LogP contribution in [0.2, 0.25) is 0 Å². The average molecular weight is 240 g/mol. The number of aliphatic carboxylic acids is 1. The van der Waals surface area contributed by atoms with Gasteiger partial charge in [0.2, 0.25) is 0 Å². The van der Waals surface area contributed by atoms with Crippen LogP contribution in [0, 0.1) is 5.92 Å². The lowest BCUT2D eigenvalue weighted by molar-refractivity contribution is -0.139. The number of carboxylic acids is 1. The van der Waals surface area contributed by atoms with Crippen LogP contribution in [-0.4, -0.2) is 59.6 Å². The fourth-order valence-electron chi connectivity index (χ4n) is 2.75. The first kappa shape index (κ1) is 12.8. The highest BCUT2D eigenvalue weighted by atomic mass is 16.4. The Hall–Kier alpha value is -0.610. The van der Waals surface area contributed by atoms with E-state index in [0.717, 1.165) is 44.9 Å². The number of nitrogens with zero attached hydrogens (tertiary/aromatic N) is 2. The van der Waals surface area contributed by atoms with Gasteiger partial charge in [-0.05, 0) is 51.2 Å². The highest BCUT2D eigenvalue weighted by Gasteiger charge is 2.30. The average Bonchev–Trinajstić information content (AvgIpc) is 3.12. The van der Waals surface area contributed by atoms with Crippen molar-refractivity contribution >= 4 is 5.97 Å². The fourth-order valence-corrected chi connectivity index (χ4v) is 2.75. The molecule has 0 amide bonds. The highest BCUT2D eigenvalue weighted by Crippen LogP contribution is 2.31. The van der Waals surface area contributed by atoms with Crippen molar-refractivity contribution in [3.8, 4) is 0 Å². The zero-order chi connectivity index (χ0) is 12.3. The van der Waals surface area contributed by atoms with Gasteiger partial charge >= 0.3 is 5.97 Å². The second-order valence-electron chi connectivity index (χ2n) is 5.43. The quantitative estimate of drug-likeness (QED) is 0.759. The second kappa shape index (κ2) is 5.83. The number of likely N-dealkylation sites (tertiary alicyclic amines) is 1. The molecule has 0 radical (unpaired) electrons. The topological polar surface area (TPSA) is 43.8 Å². The molecular weight excluding hydrogens is 216 g/mol. The molecule has 17 heavy (non-hydrogen) atoms. The first-order chi connectivity index (χ1) is 8.19. The van der Waals surface area contributed by atoms with Crippen LogP contribution < -0.4 is 0 Å². The Morgan fingerprint density at radius 3 is 2.41 bits per heavy atom. The van der Waals surface area contributed by atoms with E-state index in [0.29, 0.717) is 6.04 Å². The molecule has 0 aromatic carbocycles. The molecule has 4 nitrogen and oxygen atoms in total. The first-order valence-corrected chi connectivity index (χ1v) is 6.87. The molecule has 0 spiro atoms. The van der Waals surface area contributed by atoms with Gasteiger partial charge in [0.1, 0.15) is 0 Å². The largest absolute Gasteiger partial charge is 0.480 e. The van der Waals surface area contributed by atoms with E-state index in [1.54, 1.807) is 0 Å². The lowest BCUT2D eigenvalue weighted by Crippen LogP contribution is -2.47. The molecule has 1 saturated heterocycles. The van der Waals surface area contributed by atoms with Crippen molar-refractivity contribution in [2.75, 3.05) is 32.7 Å². The molecule has 2 rings (SSSR count). The van der Waals surface area contributed by atoms with E-state index >= 15 is 0 Å². The molecule has 0 bridgehead atoms. The van der Waals surface area contributed by atoms with Gasteiger partial charge in [-0.15, -0.1) is 0 Å². The summed E-state index contributed by atoms with van der Waals surface area (Å²) < 4.78 is 0. The second-order valence-corrected chi connectivity index (χ2v) is 5.43. The molecule has 1 aliphatic carbocycles. The zero-order valence-electron chi connectivity index (χ0n) is 10.8. The lowest BCUT2D eigenvalue weighted by Gasteiger charge is -2.37. The van der Waals surface area contributed by atoms with Gasteiger partial charge < -0.3 is 10.0 Å². The van der Waals surface area contributed by atoms with Crippen molar-refractivity contribution in [1.29, 1.82) is 0 Å². The van der Waals surface area contributed by atoms with E-state index in [2.05, 4.69) is 16.7 Å². The monoisotopic (exact) mass is 240 g/mol. The van der Waals surface area contributed by atoms with Gasteiger partial charge in [-0.25, -0.2) is 0 Å². The minimum absolute atomic E-state index is 0.229. The third-order valence-corrected chi connectivity index (χ3v) is 4.05. The van der Waals surface area contributed by atoms with Crippen molar-refractivity contribution in [2.24, 2.45) is 5.92 Å². The minimum atomic E-state index is -0.677. The number of hydrogen-bond acceptors (Lipinski definition) is 3. The molecule has 0 atom stereocenters. The van der Waals surface area contributed by atoms with Crippen LogP contribution in [0.5, 0.6) is 0 Å². The van der Waals surface area contributed by atoms with Crippen LogP contribution in [-0.2, 0) is 4.79 Å². The summed E-state index contributed by atoms with van der Waals surface area (Å²) in [6.07, 6.45) is 4.86. The standard InChI is InChI=1S/C13H24N2O2/c1-2-14-7-5-12(6-8-14)15(10-13(16)17)9-11-3-4-11/h11-12H,2-10H2,1H3,(H,16,17). The SMILES string of the molecule is CCN1CCC(N(CC(=O)O)CC2CC2)CC1. The Balaban J connectivity index is 1.83. The molecule has 2 fully saturated rings. The molecule has 98 valence electrons. The van der Waals surface area contributed by atoms with E-state index in [4.69, 9.17) is 5.11 Å². The van der Waals surface area contributed by atoms with Crippen molar-refractivity contribution in [3.05, 3.63) is 0 Å². The summed E-state index contributed by atoms with van der Waals surface area (Å²) in [6, 6.07) is 0.495. The molecular formula is C13H24N2O2. The third kappa shape index (κ3) is 3.96. The van der Waals surface area contributed by atoms with Crippen LogP contribution in [0.1, 0.15) is 32.6 Å². The Kier molecular flexibility index (Phi) is 4.40. The van der Waals surface area contributed by atoms with Gasteiger partial charge in [-0.3, -0.25) is 9.69 Å². The van der Waals surface area contributed by atoms with Gasteiger partial charge in [0.25, 0.3) is 0 Å². The van der Waals surface area contributed by atoms with Crippen molar-refractivity contribution < 1.29 is 9.90 Å². The van der Waals surface area contributed by atoms with Gasteiger partial charge in [0, 0.05) is 12.6 Å². The molecule has 1 N–H and O–H groups in total. The van der Waals surface area contributed by atoms with E-state index in [-0.39, 0.29) is 6.54 Å². The van der Waals surface area contributed by atoms with Crippen LogP contribution in [0.15, 0.2) is 0 Å². The number of carbonyl (C=O) groups is 1. The third-order valence-electron chi connectivity index (χ3n) is 4.05. The molecule has 0 aromatic heterocycles. The van der Waals surface area contributed by atoms with E-state index in [9.17, 15) is 4.79 Å².